The van der Waals surface area contributed by atoms with E-state index in [0.29, 0.717) is 24.7 Å². The van der Waals surface area contributed by atoms with E-state index in [2.05, 4.69) is 20.6 Å². The van der Waals surface area contributed by atoms with Gasteiger partial charge in [-0.05, 0) is 24.6 Å². The summed E-state index contributed by atoms with van der Waals surface area (Å²) < 4.78 is 5.42. The highest BCUT2D eigenvalue weighted by molar-refractivity contribution is 5.84. The molecule has 0 spiro atoms. The van der Waals surface area contributed by atoms with Gasteiger partial charge in [0.15, 0.2) is 12.3 Å². The second kappa shape index (κ2) is 8.47. The molecule has 3 N–H and O–H groups in total. The number of aromatic nitrogens is 2. The number of carboxylic acid groups (broad SMARTS) is 1. The van der Waals surface area contributed by atoms with Gasteiger partial charge in [-0.15, -0.1) is 0 Å². The number of nitrogens with one attached hydrogen (secondary N) is 2. The van der Waals surface area contributed by atoms with Crippen LogP contribution in [0.3, 0.4) is 0 Å². The molecule has 0 atom stereocenters. The maximum absolute atomic E-state index is 11.4. The molecule has 0 unspecified atom stereocenters. The fourth-order valence-corrected chi connectivity index (χ4v) is 1.86. The van der Waals surface area contributed by atoms with Crippen LogP contribution in [0.15, 0.2) is 36.7 Å². The molecule has 0 radical (unpaired) electrons. The molecule has 1 heterocycles. The van der Waals surface area contributed by atoms with E-state index in [1.54, 1.807) is 6.07 Å². The van der Waals surface area contributed by atoms with Gasteiger partial charge in [-0.1, -0.05) is 12.1 Å². The van der Waals surface area contributed by atoms with Crippen molar-refractivity contribution >= 4 is 17.7 Å². The fraction of sp³-hybridized carbons (Fsp3) is 0.250. The molecule has 0 aliphatic carbocycles. The zero-order valence-electron chi connectivity index (χ0n) is 13.2. The average molecular weight is 330 g/mol. The largest absolute Gasteiger partial charge is 0.484 e. The van der Waals surface area contributed by atoms with Crippen molar-refractivity contribution in [2.24, 2.45) is 0 Å². The first-order valence-corrected chi connectivity index (χ1v) is 7.36. The third kappa shape index (κ3) is 5.24. The summed E-state index contributed by atoms with van der Waals surface area (Å²) in [5.41, 5.74) is 0.814. The Balaban J connectivity index is 1.89. The van der Waals surface area contributed by atoms with Crippen molar-refractivity contribution in [1.29, 1.82) is 0 Å². The van der Waals surface area contributed by atoms with Crippen molar-refractivity contribution in [3.8, 4) is 5.75 Å². The summed E-state index contributed by atoms with van der Waals surface area (Å²) in [4.78, 5) is 29.9. The molecule has 0 aliphatic heterocycles. The van der Waals surface area contributed by atoms with Gasteiger partial charge in [-0.25, -0.2) is 14.8 Å². The number of anilines is 1. The smallest absolute Gasteiger partial charge is 0.356 e. The fourth-order valence-electron chi connectivity index (χ4n) is 1.86. The minimum Gasteiger partial charge on any atom is -0.484 e. The van der Waals surface area contributed by atoms with Gasteiger partial charge >= 0.3 is 5.97 Å². The number of likely N-dealkylation sites (N-methyl/N-ethyl adjacent to an activating group) is 1. The van der Waals surface area contributed by atoms with E-state index in [0.717, 1.165) is 5.56 Å². The third-order valence-corrected chi connectivity index (χ3v) is 2.99. The lowest BCUT2D eigenvalue weighted by Gasteiger charge is -2.09. The molecular weight excluding hydrogens is 312 g/mol. The van der Waals surface area contributed by atoms with E-state index in [4.69, 9.17) is 9.84 Å². The quantitative estimate of drug-likeness (QED) is 0.668. The number of amides is 1. The number of hydrogen-bond acceptors (Lipinski definition) is 6. The first kappa shape index (κ1) is 17.2. The van der Waals surface area contributed by atoms with Crippen LogP contribution in [0.25, 0.3) is 0 Å². The Morgan fingerprint density at radius 3 is 2.75 bits per heavy atom. The first-order valence-electron chi connectivity index (χ1n) is 7.36. The summed E-state index contributed by atoms with van der Waals surface area (Å²) in [6.45, 7) is 2.83. The average Bonchev–Trinajstić information content (AvgIpc) is 2.59. The van der Waals surface area contributed by atoms with E-state index in [1.807, 2.05) is 25.1 Å². The van der Waals surface area contributed by atoms with Crippen molar-refractivity contribution in [3.63, 3.8) is 0 Å². The molecule has 2 rings (SSSR count). The molecule has 0 saturated heterocycles. The molecule has 1 amide bonds. The van der Waals surface area contributed by atoms with Gasteiger partial charge in [-0.3, -0.25) is 4.79 Å². The molecule has 126 valence electrons. The molecule has 0 fully saturated rings. The van der Waals surface area contributed by atoms with Crippen LogP contribution in [-0.2, 0) is 11.3 Å². The number of benzene rings is 1. The van der Waals surface area contributed by atoms with Gasteiger partial charge in [-0.2, -0.15) is 0 Å². The molecule has 8 heteroatoms. The number of carbonyl (C=O) groups is 2. The van der Waals surface area contributed by atoms with Crippen molar-refractivity contribution in [1.82, 2.24) is 15.3 Å². The second-order valence-corrected chi connectivity index (χ2v) is 4.84. The lowest BCUT2D eigenvalue weighted by atomic mass is 10.2. The van der Waals surface area contributed by atoms with Crippen molar-refractivity contribution in [3.05, 3.63) is 47.9 Å². The number of carbonyl (C=O) groups excluding carboxylic acids is 1. The van der Waals surface area contributed by atoms with Crippen LogP contribution in [0.2, 0.25) is 0 Å². The van der Waals surface area contributed by atoms with E-state index in [1.165, 1.54) is 12.4 Å². The second-order valence-electron chi connectivity index (χ2n) is 4.84. The molecule has 0 aliphatic rings. The standard InChI is InChI=1S/C16H18N4O4/c1-2-17-15(21)10-24-12-5-3-4-11(6-12)7-19-14-9-18-13(8-20-14)16(22)23/h3-6,8-9H,2,7,10H2,1H3,(H,17,21)(H,19,20)(H,22,23). The highest BCUT2D eigenvalue weighted by Crippen LogP contribution is 2.14. The Kier molecular flexibility index (Phi) is 6.07. The van der Waals surface area contributed by atoms with E-state index in [-0.39, 0.29) is 18.2 Å². The van der Waals surface area contributed by atoms with E-state index in [9.17, 15) is 9.59 Å². The summed E-state index contributed by atoms with van der Waals surface area (Å²) >= 11 is 0. The van der Waals surface area contributed by atoms with Crippen LogP contribution >= 0.6 is 0 Å². The van der Waals surface area contributed by atoms with Gasteiger partial charge in [0.2, 0.25) is 0 Å². The molecule has 1 aromatic heterocycles. The van der Waals surface area contributed by atoms with Gasteiger partial charge in [0, 0.05) is 13.1 Å². The normalized spacial score (nSPS) is 10.0. The predicted molar refractivity (Wildman–Crippen MR) is 86.9 cm³/mol. The van der Waals surface area contributed by atoms with Gasteiger partial charge in [0.25, 0.3) is 5.91 Å². The number of rotatable bonds is 8. The lowest BCUT2D eigenvalue weighted by molar-refractivity contribution is -0.122. The Morgan fingerprint density at radius 2 is 2.08 bits per heavy atom. The third-order valence-electron chi connectivity index (χ3n) is 2.99. The molecule has 8 nitrogen and oxygen atoms in total. The minimum atomic E-state index is -1.12. The summed E-state index contributed by atoms with van der Waals surface area (Å²) in [6, 6.07) is 7.30. The summed E-state index contributed by atoms with van der Waals surface area (Å²) in [5.74, 6) is -0.234. The van der Waals surface area contributed by atoms with E-state index < -0.39 is 5.97 Å². The van der Waals surface area contributed by atoms with Crippen LogP contribution in [0.1, 0.15) is 23.0 Å². The highest BCUT2D eigenvalue weighted by atomic mass is 16.5. The van der Waals surface area contributed by atoms with Gasteiger partial charge in [0.1, 0.15) is 11.6 Å². The van der Waals surface area contributed by atoms with Crippen molar-refractivity contribution < 1.29 is 19.4 Å². The number of nitrogens with zero attached hydrogens (tertiary/aromatic N) is 2. The number of carboxylic acids is 1. The molecule has 24 heavy (non-hydrogen) atoms. The number of hydrogen-bond donors (Lipinski definition) is 3. The van der Waals surface area contributed by atoms with Crippen molar-refractivity contribution in [2.45, 2.75) is 13.5 Å². The number of aromatic carboxylic acids is 1. The zero-order valence-corrected chi connectivity index (χ0v) is 13.2. The first-order chi connectivity index (χ1) is 11.6. The topological polar surface area (TPSA) is 113 Å². The maximum Gasteiger partial charge on any atom is 0.356 e. The highest BCUT2D eigenvalue weighted by Gasteiger charge is 2.05. The van der Waals surface area contributed by atoms with Crippen LogP contribution in [-0.4, -0.2) is 40.1 Å². The van der Waals surface area contributed by atoms with Crippen LogP contribution < -0.4 is 15.4 Å². The Bertz CT molecular complexity index is 703. The predicted octanol–water partition coefficient (Wildman–Crippen LogP) is 1.30. The van der Waals surface area contributed by atoms with Gasteiger partial charge in [0.05, 0.1) is 12.4 Å². The van der Waals surface area contributed by atoms with Crippen LogP contribution in [0, 0.1) is 0 Å². The zero-order chi connectivity index (χ0) is 17.4. The monoisotopic (exact) mass is 330 g/mol. The molecule has 1 aromatic carbocycles. The molecule has 0 bridgehead atoms. The Hall–Kier alpha value is -3.16. The molecular formula is C16H18N4O4. The molecule has 0 saturated carbocycles. The van der Waals surface area contributed by atoms with Crippen LogP contribution in [0.5, 0.6) is 5.75 Å². The lowest BCUT2D eigenvalue weighted by Crippen LogP contribution is -2.28. The van der Waals surface area contributed by atoms with E-state index >= 15 is 0 Å². The number of ether oxygens (including phenoxy) is 1. The maximum atomic E-state index is 11.4. The Labute approximate surface area is 138 Å². The van der Waals surface area contributed by atoms with Gasteiger partial charge < -0.3 is 20.5 Å². The Morgan fingerprint density at radius 1 is 1.25 bits per heavy atom. The van der Waals surface area contributed by atoms with Crippen LogP contribution in [0.4, 0.5) is 5.82 Å². The minimum absolute atomic E-state index is 0.0349. The summed E-state index contributed by atoms with van der Waals surface area (Å²) in [7, 11) is 0. The SMILES string of the molecule is CCNC(=O)COc1cccc(CNc2cnc(C(=O)O)cn2)c1. The molecule has 2 aromatic rings. The summed E-state index contributed by atoms with van der Waals surface area (Å²) in [5, 5.41) is 14.5. The summed E-state index contributed by atoms with van der Waals surface area (Å²) in [6.07, 6.45) is 2.55. The van der Waals surface area contributed by atoms with Crippen molar-refractivity contribution in [2.75, 3.05) is 18.5 Å².